The summed E-state index contributed by atoms with van der Waals surface area (Å²) < 4.78 is 5.36. The molecule has 1 saturated heterocycles. The molecule has 1 unspecified atom stereocenters. The van der Waals surface area contributed by atoms with Crippen LogP contribution in [0.5, 0.6) is 0 Å². The van der Waals surface area contributed by atoms with Crippen molar-refractivity contribution in [2.75, 3.05) is 24.7 Å². The fourth-order valence-corrected chi connectivity index (χ4v) is 2.28. The van der Waals surface area contributed by atoms with Crippen LogP contribution < -0.4 is 4.90 Å². The monoisotopic (exact) mass is 280 g/mol. The number of rotatable bonds is 1. The van der Waals surface area contributed by atoms with E-state index in [1.54, 1.807) is 6.07 Å². The minimum Gasteiger partial charge on any atom is -0.377 e. The Morgan fingerprint density at radius 3 is 2.81 bits per heavy atom. The van der Waals surface area contributed by atoms with Crippen LogP contribution in [0, 0.1) is 0 Å². The lowest BCUT2D eigenvalue weighted by molar-refractivity contribution is 0.0985. The molecule has 1 aliphatic rings. The van der Waals surface area contributed by atoms with Crippen molar-refractivity contribution in [1.82, 2.24) is 4.98 Å². The summed E-state index contributed by atoms with van der Waals surface area (Å²) in [5, 5.41) is 1.17. The summed E-state index contributed by atoms with van der Waals surface area (Å²) >= 11 is 17.8. The zero-order chi connectivity index (χ0) is 11.7. The average Bonchev–Trinajstić information content (AvgIpc) is 2.25. The molecular weight excluding hydrogens is 270 g/mol. The van der Waals surface area contributed by atoms with Gasteiger partial charge in [0.25, 0.3) is 0 Å². The largest absolute Gasteiger partial charge is 0.377 e. The molecule has 1 aromatic heterocycles. The lowest BCUT2D eigenvalue weighted by atomic mass is 10.2. The van der Waals surface area contributed by atoms with E-state index in [2.05, 4.69) is 16.8 Å². The van der Waals surface area contributed by atoms with E-state index in [-0.39, 0.29) is 11.2 Å². The summed E-state index contributed by atoms with van der Waals surface area (Å²) in [5.74, 6) is 0.673. The van der Waals surface area contributed by atoms with Crippen molar-refractivity contribution >= 4 is 40.6 Å². The predicted octanol–water partition coefficient (Wildman–Crippen LogP) is 3.27. The molecule has 0 radical (unpaired) electrons. The Balaban J connectivity index is 2.35. The Morgan fingerprint density at radius 1 is 1.38 bits per heavy atom. The maximum atomic E-state index is 6.11. The SMILES string of the molecule is CC1COCCN1c1nc(Cl)c(Cl)cc1Cl. The van der Waals surface area contributed by atoms with E-state index in [4.69, 9.17) is 39.5 Å². The van der Waals surface area contributed by atoms with Gasteiger partial charge in [-0.3, -0.25) is 0 Å². The fourth-order valence-electron chi connectivity index (χ4n) is 1.68. The molecule has 6 heteroatoms. The highest BCUT2D eigenvalue weighted by molar-refractivity contribution is 6.42. The smallest absolute Gasteiger partial charge is 0.150 e. The lowest BCUT2D eigenvalue weighted by Gasteiger charge is -2.34. The van der Waals surface area contributed by atoms with Crippen LogP contribution in [0.15, 0.2) is 6.07 Å². The van der Waals surface area contributed by atoms with Gasteiger partial charge in [0.2, 0.25) is 0 Å². The Bertz CT molecular complexity index is 400. The maximum absolute atomic E-state index is 6.11. The summed E-state index contributed by atoms with van der Waals surface area (Å²) in [6.07, 6.45) is 0. The van der Waals surface area contributed by atoms with Crippen molar-refractivity contribution < 1.29 is 4.74 Å². The highest BCUT2D eigenvalue weighted by Gasteiger charge is 2.23. The van der Waals surface area contributed by atoms with Crippen molar-refractivity contribution in [3.8, 4) is 0 Å². The summed E-state index contributed by atoms with van der Waals surface area (Å²) in [5.41, 5.74) is 0. The molecule has 2 heterocycles. The Kier molecular flexibility index (Phi) is 3.80. The van der Waals surface area contributed by atoms with Crippen LogP contribution in [0.25, 0.3) is 0 Å². The minimum absolute atomic E-state index is 0.232. The molecule has 16 heavy (non-hydrogen) atoms. The van der Waals surface area contributed by atoms with E-state index < -0.39 is 0 Å². The second kappa shape index (κ2) is 4.96. The van der Waals surface area contributed by atoms with Crippen molar-refractivity contribution in [3.05, 3.63) is 21.3 Å². The molecule has 2 rings (SSSR count). The number of anilines is 1. The zero-order valence-electron chi connectivity index (χ0n) is 8.71. The number of aromatic nitrogens is 1. The van der Waals surface area contributed by atoms with Crippen LogP contribution in [-0.4, -0.2) is 30.8 Å². The van der Waals surface area contributed by atoms with E-state index in [1.165, 1.54) is 0 Å². The van der Waals surface area contributed by atoms with Gasteiger partial charge in [-0.25, -0.2) is 4.98 Å². The third-order valence-corrected chi connectivity index (χ3v) is 3.46. The Hall–Kier alpha value is -0.220. The second-order valence-corrected chi connectivity index (χ2v) is 4.86. The molecule has 0 aliphatic carbocycles. The highest BCUT2D eigenvalue weighted by atomic mass is 35.5. The third-order valence-electron chi connectivity index (χ3n) is 2.51. The molecule has 1 fully saturated rings. The number of nitrogens with zero attached hydrogens (tertiary/aromatic N) is 2. The zero-order valence-corrected chi connectivity index (χ0v) is 11.0. The number of morpholine rings is 1. The van der Waals surface area contributed by atoms with E-state index in [1.807, 2.05) is 0 Å². The summed E-state index contributed by atoms with van der Waals surface area (Å²) in [4.78, 5) is 6.30. The number of pyridine rings is 1. The molecule has 1 aromatic rings. The van der Waals surface area contributed by atoms with Crippen LogP contribution in [0.3, 0.4) is 0 Å². The molecule has 0 N–H and O–H groups in total. The van der Waals surface area contributed by atoms with Gasteiger partial charge in [-0.2, -0.15) is 0 Å². The van der Waals surface area contributed by atoms with Crippen molar-refractivity contribution in [1.29, 1.82) is 0 Å². The second-order valence-electron chi connectivity index (χ2n) is 3.68. The van der Waals surface area contributed by atoms with Gasteiger partial charge in [0, 0.05) is 6.54 Å². The molecule has 0 aromatic carbocycles. The summed E-state index contributed by atoms with van der Waals surface area (Å²) in [6, 6.07) is 1.85. The van der Waals surface area contributed by atoms with E-state index in [9.17, 15) is 0 Å². The molecule has 0 bridgehead atoms. The summed E-state index contributed by atoms with van der Waals surface area (Å²) in [6.45, 7) is 4.15. The molecular formula is C10H11Cl3N2O. The van der Waals surface area contributed by atoms with Gasteiger partial charge in [-0.15, -0.1) is 0 Å². The van der Waals surface area contributed by atoms with Crippen LogP contribution in [-0.2, 0) is 4.74 Å². The van der Waals surface area contributed by atoms with Gasteiger partial charge in [0.05, 0.1) is 29.3 Å². The number of hydrogen-bond acceptors (Lipinski definition) is 3. The molecule has 1 atom stereocenters. The van der Waals surface area contributed by atoms with Gasteiger partial charge >= 0.3 is 0 Å². The summed E-state index contributed by atoms with van der Waals surface area (Å²) in [7, 11) is 0. The lowest BCUT2D eigenvalue weighted by Crippen LogP contribution is -2.44. The van der Waals surface area contributed by atoms with Crippen molar-refractivity contribution in [3.63, 3.8) is 0 Å². The molecule has 0 spiro atoms. The van der Waals surface area contributed by atoms with Gasteiger partial charge in [0.1, 0.15) is 11.0 Å². The first-order chi connectivity index (χ1) is 7.59. The van der Waals surface area contributed by atoms with Crippen LogP contribution in [0.4, 0.5) is 5.82 Å². The molecule has 3 nitrogen and oxygen atoms in total. The minimum atomic E-state index is 0.232. The topological polar surface area (TPSA) is 25.4 Å². The Labute approximate surface area is 109 Å². The van der Waals surface area contributed by atoms with Gasteiger partial charge < -0.3 is 9.64 Å². The molecule has 0 saturated carbocycles. The van der Waals surface area contributed by atoms with Gasteiger partial charge in [-0.05, 0) is 13.0 Å². The molecule has 0 amide bonds. The standard InChI is InChI=1S/C10H11Cl3N2O/c1-6-5-16-3-2-15(6)10-8(12)4-7(11)9(13)14-10/h4,6H,2-3,5H2,1H3. The molecule has 88 valence electrons. The van der Waals surface area contributed by atoms with Crippen LogP contribution in [0.1, 0.15) is 6.92 Å². The van der Waals surface area contributed by atoms with Crippen molar-refractivity contribution in [2.24, 2.45) is 0 Å². The highest BCUT2D eigenvalue weighted by Crippen LogP contribution is 2.32. The maximum Gasteiger partial charge on any atom is 0.150 e. The number of hydrogen-bond donors (Lipinski definition) is 0. The first kappa shape index (κ1) is 12.2. The number of halogens is 3. The van der Waals surface area contributed by atoms with Crippen LogP contribution in [0.2, 0.25) is 15.2 Å². The third kappa shape index (κ3) is 2.38. The quantitative estimate of drug-likeness (QED) is 0.739. The number of ether oxygens (including phenoxy) is 1. The first-order valence-electron chi connectivity index (χ1n) is 4.95. The normalized spacial score (nSPS) is 21.2. The van der Waals surface area contributed by atoms with Gasteiger partial charge in [0.15, 0.2) is 0 Å². The van der Waals surface area contributed by atoms with Gasteiger partial charge in [-0.1, -0.05) is 34.8 Å². The van der Waals surface area contributed by atoms with E-state index in [0.29, 0.717) is 29.1 Å². The van der Waals surface area contributed by atoms with Crippen LogP contribution >= 0.6 is 34.8 Å². The van der Waals surface area contributed by atoms with E-state index in [0.717, 1.165) is 6.54 Å². The predicted molar refractivity (Wildman–Crippen MR) is 66.9 cm³/mol. The fraction of sp³-hybridized carbons (Fsp3) is 0.500. The Morgan fingerprint density at radius 2 is 2.12 bits per heavy atom. The first-order valence-corrected chi connectivity index (χ1v) is 6.09. The van der Waals surface area contributed by atoms with E-state index >= 15 is 0 Å². The van der Waals surface area contributed by atoms with Crippen molar-refractivity contribution in [2.45, 2.75) is 13.0 Å². The molecule has 1 aliphatic heterocycles. The average molecular weight is 282 g/mol.